The first kappa shape index (κ1) is 26.6. The molecule has 3 saturated heterocycles. The van der Waals surface area contributed by atoms with Crippen molar-refractivity contribution in [1.82, 2.24) is 15.1 Å². The summed E-state index contributed by atoms with van der Waals surface area (Å²) in [4.78, 5) is 53.7. The standard InChI is InChI=1S/C26H37N5O6/c1-26(2,3)37-25(35)31-16-14-30(15-17-31)24(34)36-20-10-12-29(13-11-20)19-6-4-18(5-7-19)27-21-8-9-22(32)28-23(21)33/h4-7,20-21,27H,8-17H2,1-3H3,(H,28,32,33). The fourth-order valence-electron chi connectivity index (χ4n) is 4.65. The van der Waals surface area contributed by atoms with Gasteiger partial charge in [0.1, 0.15) is 17.7 Å². The van der Waals surface area contributed by atoms with E-state index in [1.54, 1.807) is 9.80 Å². The Morgan fingerprint density at radius 1 is 0.892 bits per heavy atom. The first-order chi connectivity index (χ1) is 17.6. The number of anilines is 2. The molecule has 3 fully saturated rings. The Morgan fingerprint density at radius 3 is 2.05 bits per heavy atom. The molecule has 4 amide bonds. The molecule has 11 nitrogen and oxygen atoms in total. The number of piperidine rings is 2. The minimum absolute atomic E-state index is 0.138. The third kappa shape index (κ3) is 7.27. The van der Waals surface area contributed by atoms with Crippen LogP contribution in [0.4, 0.5) is 21.0 Å². The van der Waals surface area contributed by atoms with Crippen LogP contribution in [0.2, 0.25) is 0 Å². The van der Waals surface area contributed by atoms with E-state index in [4.69, 9.17) is 9.47 Å². The number of ether oxygens (including phenoxy) is 2. The number of nitrogens with zero attached hydrogens (tertiary/aromatic N) is 3. The van der Waals surface area contributed by atoms with E-state index in [0.717, 1.165) is 37.3 Å². The quantitative estimate of drug-likeness (QED) is 0.587. The molecule has 1 unspecified atom stereocenters. The van der Waals surface area contributed by atoms with Crippen molar-refractivity contribution >= 4 is 35.4 Å². The highest BCUT2D eigenvalue weighted by molar-refractivity contribution is 6.01. The van der Waals surface area contributed by atoms with Crippen LogP contribution in [0.15, 0.2) is 24.3 Å². The second-order valence-electron chi connectivity index (χ2n) is 10.7. The van der Waals surface area contributed by atoms with Crippen LogP contribution in [0.5, 0.6) is 0 Å². The summed E-state index contributed by atoms with van der Waals surface area (Å²) in [5.41, 5.74) is 1.35. The molecule has 0 radical (unpaired) electrons. The minimum Gasteiger partial charge on any atom is -0.446 e. The maximum absolute atomic E-state index is 12.7. The van der Waals surface area contributed by atoms with E-state index in [9.17, 15) is 19.2 Å². The summed E-state index contributed by atoms with van der Waals surface area (Å²) in [6.07, 6.45) is 1.47. The molecule has 3 aliphatic rings. The summed E-state index contributed by atoms with van der Waals surface area (Å²) in [7, 11) is 0. The SMILES string of the molecule is CC(C)(C)OC(=O)N1CCN(C(=O)OC2CCN(c3ccc(NC4CCC(=O)NC4=O)cc3)CC2)CC1. The predicted molar refractivity (Wildman–Crippen MR) is 137 cm³/mol. The smallest absolute Gasteiger partial charge is 0.410 e. The van der Waals surface area contributed by atoms with Crippen molar-refractivity contribution < 1.29 is 28.7 Å². The molecule has 2 N–H and O–H groups in total. The Hall–Kier alpha value is -3.50. The van der Waals surface area contributed by atoms with Crippen molar-refractivity contribution in [2.75, 3.05) is 49.5 Å². The normalized spacial score (nSPS) is 21.4. The maximum atomic E-state index is 12.7. The van der Waals surface area contributed by atoms with E-state index in [1.807, 2.05) is 45.0 Å². The van der Waals surface area contributed by atoms with Gasteiger partial charge < -0.3 is 29.5 Å². The number of carbonyl (C=O) groups is 4. The van der Waals surface area contributed by atoms with Crippen LogP contribution < -0.4 is 15.5 Å². The number of hydrogen-bond donors (Lipinski definition) is 2. The Balaban J connectivity index is 1.18. The number of imide groups is 1. The molecule has 4 rings (SSSR count). The van der Waals surface area contributed by atoms with E-state index >= 15 is 0 Å². The zero-order valence-electron chi connectivity index (χ0n) is 21.8. The molecule has 1 atom stereocenters. The second kappa shape index (κ2) is 11.3. The first-order valence-corrected chi connectivity index (χ1v) is 13.0. The van der Waals surface area contributed by atoms with E-state index in [2.05, 4.69) is 15.5 Å². The van der Waals surface area contributed by atoms with E-state index in [0.29, 0.717) is 39.0 Å². The average molecular weight is 516 g/mol. The van der Waals surface area contributed by atoms with Gasteiger partial charge in [0.2, 0.25) is 11.8 Å². The zero-order valence-corrected chi connectivity index (χ0v) is 21.8. The molecule has 1 aromatic rings. The topological polar surface area (TPSA) is 121 Å². The van der Waals surface area contributed by atoms with Crippen LogP contribution in [-0.2, 0) is 19.1 Å². The summed E-state index contributed by atoms with van der Waals surface area (Å²) in [6.45, 7) is 8.75. The fourth-order valence-corrected chi connectivity index (χ4v) is 4.65. The van der Waals surface area contributed by atoms with Crippen molar-refractivity contribution in [2.45, 2.75) is 64.2 Å². The van der Waals surface area contributed by atoms with Gasteiger partial charge in [-0.2, -0.15) is 0 Å². The van der Waals surface area contributed by atoms with Crippen LogP contribution in [0.1, 0.15) is 46.5 Å². The van der Waals surface area contributed by atoms with Crippen molar-refractivity contribution in [3.05, 3.63) is 24.3 Å². The minimum atomic E-state index is -0.545. The van der Waals surface area contributed by atoms with Gasteiger partial charge in [-0.15, -0.1) is 0 Å². The van der Waals surface area contributed by atoms with Crippen molar-refractivity contribution in [3.63, 3.8) is 0 Å². The van der Waals surface area contributed by atoms with E-state index < -0.39 is 11.6 Å². The highest BCUT2D eigenvalue weighted by Gasteiger charge is 2.31. The molecule has 3 aliphatic heterocycles. The van der Waals surface area contributed by atoms with Gasteiger partial charge >= 0.3 is 12.2 Å². The van der Waals surface area contributed by atoms with Gasteiger partial charge in [0.05, 0.1) is 0 Å². The first-order valence-electron chi connectivity index (χ1n) is 13.0. The summed E-state index contributed by atoms with van der Waals surface area (Å²) in [5.74, 6) is -0.518. The van der Waals surface area contributed by atoms with Gasteiger partial charge in [-0.05, 0) is 51.5 Å². The van der Waals surface area contributed by atoms with Gasteiger partial charge in [-0.3, -0.25) is 14.9 Å². The largest absolute Gasteiger partial charge is 0.446 e. The lowest BCUT2D eigenvalue weighted by atomic mass is 10.1. The van der Waals surface area contributed by atoms with Crippen molar-refractivity contribution in [1.29, 1.82) is 0 Å². The third-order valence-electron chi connectivity index (χ3n) is 6.71. The van der Waals surface area contributed by atoms with Gasteiger partial charge in [0, 0.05) is 69.9 Å². The Bertz CT molecular complexity index is 992. The number of nitrogens with one attached hydrogen (secondary N) is 2. The number of hydrogen-bond acceptors (Lipinski definition) is 8. The van der Waals surface area contributed by atoms with Crippen LogP contribution in [0.3, 0.4) is 0 Å². The second-order valence-corrected chi connectivity index (χ2v) is 10.7. The zero-order chi connectivity index (χ0) is 26.6. The van der Waals surface area contributed by atoms with E-state index in [1.165, 1.54) is 0 Å². The molecule has 0 aromatic heterocycles. The van der Waals surface area contributed by atoms with Crippen molar-refractivity contribution in [3.8, 4) is 0 Å². The lowest BCUT2D eigenvalue weighted by Crippen LogP contribution is -2.52. The molecule has 37 heavy (non-hydrogen) atoms. The monoisotopic (exact) mass is 515 g/mol. The predicted octanol–water partition coefficient (Wildman–Crippen LogP) is 2.56. The molecule has 0 aliphatic carbocycles. The van der Waals surface area contributed by atoms with Gasteiger partial charge in [0.25, 0.3) is 0 Å². The molecule has 1 aromatic carbocycles. The number of amides is 4. The highest BCUT2D eigenvalue weighted by Crippen LogP contribution is 2.24. The lowest BCUT2D eigenvalue weighted by molar-refractivity contribution is -0.133. The summed E-state index contributed by atoms with van der Waals surface area (Å²) in [5, 5.41) is 5.54. The molecular formula is C26H37N5O6. The van der Waals surface area contributed by atoms with E-state index in [-0.39, 0.29) is 30.1 Å². The molecule has 202 valence electrons. The van der Waals surface area contributed by atoms with Gasteiger partial charge in [0.15, 0.2) is 0 Å². The highest BCUT2D eigenvalue weighted by atomic mass is 16.6. The average Bonchev–Trinajstić information content (AvgIpc) is 2.86. The molecule has 3 heterocycles. The van der Waals surface area contributed by atoms with Gasteiger partial charge in [-0.25, -0.2) is 9.59 Å². The van der Waals surface area contributed by atoms with Gasteiger partial charge in [-0.1, -0.05) is 0 Å². The third-order valence-corrected chi connectivity index (χ3v) is 6.71. The number of piperazine rings is 1. The summed E-state index contributed by atoms with van der Waals surface area (Å²) < 4.78 is 11.2. The Kier molecular flexibility index (Phi) is 8.09. The maximum Gasteiger partial charge on any atom is 0.410 e. The fraction of sp³-hybridized carbons (Fsp3) is 0.615. The number of carbonyl (C=O) groups excluding carboxylic acids is 4. The molecule has 0 saturated carbocycles. The molecular weight excluding hydrogens is 478 g/mol. The number of rotatable bonds is 4. The van der Waals surface area contributed by atoms with Crippen molar-refractivity contribution in [2.24, 2.45) is 0 Å². The summed E-state index contributed by atoms with van der Waals surface area (Å²) in [6, 6.07) is 7.47. The van der Waals surface area contributed by atoms with Crippen LogP contribution in [0.25, 0.3) is 0 Å². The molecule has 11 heteroatoms. The molecule has 0 spiro atoms. The van der Waals surface area contributed by atoms with Crippen LogP contribution in [-0.4, -0.2) is 90.8 Å². The van der Waals surface area contributed by atoms with Crippen LogP contribution >= 0.6 is 0 Å². The Morgan fingerprint density at radius 2 is 1.49 bits per heavy atom. The Labute approximate surface area is 217 Å². The lowest BCUT2D eigenvalue weighted by Gasteiger charge is -2.37. The van der Waals surface area contributed by atoms with Crippen LogP contribution in [0, 0.1) is 0 Å². The molecule has 0 bridgehead atoms. The number of benzene rings is 1. The summed E-state index contributed by atoms with van der Waals surface area (Å²) >= 11 is 0.